The molecule has 3 aromatic rings. The van der Waals surface area contributed by atoms with Gasteiger partial charge in [-0.2, -0.15) is 0 Å². The molecule has 0 spiro atoms. The van der Waals surface area contributed by atoms with Crippen molar-refractivity contribution in [3.8, 4) is 11.3 Å². The molecule has 0 unspecified atom stereocenters. The molecule has 5 nitrogen and oxygen atoms in total. The number of benzene rings is 1. The average molecular weight is 307 g/mol. The van der Waals surface area contributed by atoms with E-state index in [1.54, 1.807) is 0 Å². The predicted octanol–water partition coefficient (Wildman–Crippen LogP) is 3.12. The highest BCUT2D eigenvalue weighted by molar-refractivity contribution is 5.58. The summed E-state index contributed by atoms with van der Waals surface area (Å²) in [6, 6.07) is 12.2. The quantitative estimate of drug-likeness (QED) is 0.787. The van der Waals surface area contributed by atoms with Crippen LogP contribution in [-0.2, 0) is 13.1 Å². The summed E-state index contributed by atoms with van der Waals surface area (Å²) >= 11 is 0. The first-order valence-corrected chi connectivity index (χ1v) is 7.69. The first kappa shape index (κ1) is 15.4. The fraction of sp³-hybridized carbons (Fsp3) is 0.278. The third kappa shape index (κ3) is 4.02. The molecule has 118 valence electrons. The zero-order chi connectivity index (χ0) is 16.2. The zero-order valence-electron chi connectivity index (χ0n) is 13.7. The molecule has 0 aliphatic carbocycles. The number of H-pyrrole nitrogens is 1. The van der Waals surface area contributed by atoms with Gasteiger partial charge in [0.1, 0.15) is 11.6 Å². The van der Waals surface area contributed by atoms with Gasteiger partial charge in [-0.3, -0.25) is 4.90 Å². The summed E-state index contributed by atoms with van der Waals surface area (Å²) in [5.41, 5.74) is 4.14. The van der Waals surface area contributed by atoms with Crippen molar-refractivity contribution < 1.29 is 0 Å². The van der Waals surface area contributed by atoms with Gasteiger partial charge in [-0.1, -0.05) is 30.3 Å². The lowest BCUT2D eigenvalue weighted by atomic mass is 10.1. The average Bonchev–Trinajstić information content (AvgIpc) is 2.92. The number of hydrogen-bond donors (Lipinski definition) is 1. The van der Waals surface area contributed by atoms with Crippen LogP contribution in [0, 0.1) is 13.8 Å². The third-order valence-corrected chi connectivity index (χ3v) is 3.56. The second-order valence-electron chi connectivity index (χ2n) is 5.86. The molecule has 0 aliphatic rings. The molecule has 0 aliphatic heterocycles. The minimum Gasteiger partial charge on any atom is -0.345 e. The number of nitrogens with one attached hydrogen (secondary N) is 1. The Hall–Kier alpha value is -2.53. The second-order valence-corrected chi connectivity index (χ2v) is 5.86. The van der Waals surface area contributed by atoms with Crippen LogP contribution >= 0.6 is 0 Å². The lowest BCUT2D eigenvalue weighted by Gasteiger charge is -2.15. The Morgan fingerprint density at radius 2 is 1.83 bits per heavy atom. The Bertz CT molecular complexity index is 779. The smallest absolute Gasteiger partial charge is 0.143 e. The number of hydrogen-bond acceptors (Lipinski definition) is 4. The third-order valence-electron chi connectivity index (χ3n) is 3.56. The summed E-state index contributed by atoms with van der Waals surface area (Å²) in [7, 11) is 2.05. The molecule has 0 saturated carbocycles. The maximum Gasteiger partial charge on any atom is 0.143 e. The molecule has 0 bridgehead atoms. The van der Waals surface area contributed by atoms with Crippen molar-refractivity contribution in [2.24, 2.45) is 0 Å². The molecule has 3 rings (SSSR count). The van der Waals surface area contributed by atoms with E-state index in [9.17, 15) is 0 Å². The summed E-state index contributed by atoms with van der Waals surface area (Å²) in [6.45, 7) is 5.44. The molecule has 1 aromatic carbocycles. The van der Waals surface area contributed by atoms with E-state index in [0.717, 1.165) is 40.8 Å². The van der Waals surface area contributed by atoms with Crippen LogP contribution in [-0.4, -0.2) is 31.9 Å². The molecular weight excluding hydrogens is 286 g/mol. The lowest BCUT2D eigenvalue weighted by Crippen LogP contribution is -2.20. The van der Waals surface area contributed by atoms with E-state index in [1.165, 1.54) is 0 Å². The summed E-state index contributed by atoms with van der Waals surface area (Å²) < 4.78 is 0. The van der Waals surface area contributed by atoms with Crippen LogP contribution in [0.3, 0.4) is 0 Å². The SMILES string of the molecule is Cc1cc(-c2ccccc2)nc(CN(C)Cc2ncc(C)[nH]2)n1. The van der Waals surface area contributed by atoms with Crippen molar-refractivity contribution in [3.05, 3.63) is 65.6 Å². The van der Waals surface area contributed by atoms with Gasteiger partial charge in [0.15, 0.2) is 0 Å². The minimum absolute atomic E-state index is 0.682. The van der Waals surface area contributed by atoms with Crippen LogP contribution in [0.1, 0.15) is 23.0 Å². The zero-order valence-corrected chi connectivity index (χ0v) is 13.7. The number of aromatic nitrogens is 4. The van der Waals surface area contributed by atoms with Crippen molar-refractivity contribution in [1.29, 1.82) is 0 Å². The minimum atomic E-state index is 0.682. The molecule has 0 amide bonds. The van der Waals surface area contributed by atoms with Gasteiger partial charge >= 0.3 is 0 Å². The predicted molar refractivity (Wildman–Crippen MR) is 90.7 cm³/mol. The van der Waals surface area contributed by atoms with Crippen molar-refractivity contribution in [2.45, 2.75) is 26.9 Å². The van der Waals surface area contributed by atoms with Gasteiger partial charge in [-0.05, 0) is 27.0 Å². The van der Waals surface area contributed by atoms with E-state index in [0.29, 0.717) is 6.54 Å². The lowest BCUT2D eigenvalue weighted by molar-refractivity contribution is 0.303. The van der Waals surface area contributed by atoms with E-state index in [4.69, 9.17) is 4.98 Å². The van der Waals surface area contributed by atoms with Gasteiger partial charge < -0.3 is 4.98 Å². The van der Waals surface area contributed by atoms with Crippen LogP contribution in [0.4, 0.5) is 0 Å². The molecular formula is C18H21N5. The molecule has 0 radical (unpaired) electrons. The van der Waals surface area contributed by atoms with E-state index in [1.807, 2.05) is 51.4 Å². The van der Waals surface area contributed by atoms with Crippen molar-refractivity contribution >= 4 is 0 Å². The molecule has 0 saturated heterocycles. The number of aryl methyl sites for hydroxylation is 2. The van der Waals surface area contributed by atoms with Gasteiger partial charge in [-0.15, -0.1) is 0 Å². The Morgan fingerprint density at radius 3 is 2.52 bits per heavy atom. The summed E-state index contributed by atoms with van der Waals surface area (Å²) in [5.74, 6) is 1.79. The molecule has 23 heavy (non-hydrogen) atoms. The maximum absolute atomic E-state index is 4.71. The normalized spacial score (nSPS) is 11.1. The number of nitrogens with zero attached hydrogens (tertiary/aromatic N) is 4. The fourth-order valence-corrected chi connectivity index (χ4v) is 2.56. The largest absolute Gasteiger partial charge is 0.345 e. The molecule has 2 heterocycles. The van der Waals surface area contributed by atoms with Crippen LogP contribution in [0.2, 0.25) is 0 Å². The number of aromatic amines is 1. The van der Waals surface area contributed by atoms with Crippen LogP contribution in [0.15, 0.2) is 42.6 Å². The van der Waals surface area contributed by atoms with Gasteiger partial charge in [0.05, 0.1) is 18.8 Å². The van der Waals surface area contributed by atoms with Gasteiger partial charge in [0.25, 0.3) is 0 Å². The monoisotopic (exact) mass is 307 g/mol. The summed E-state index contributed by atoms with van der Waals surface area (Å²) in [4.78, 5) is 19.0. The fourth-order valence-electron chi connectivity index (χ4n) is 2.56. The Labute approximate surface area is 136 Å². The van der Waals surface area contributed by atoms with Crippen LogP contribution in [0.25, 0.3) is 11.3 Å². The highest BCUT2D eigenvalue weighted by atomic mass is 15.1. The van der Waals surface area contributed by atoms with Crippen LogP contribution < -0.4 is 0 Å². The standard InChI is InChI=1S/C18H21N5/c1-13-9-16(15-7-5-4-6-8-15)22-18(20-13)12-23(3)11-17-19-10-14(2)21-17/h4-10H,11-12H2,1-3H3,(H,19,21). The first-order chi connectivity index (χ1) is 11.1. The van der Waals surface area contributed by atoms with Gasteiger partial charge in [-0.25, -0.2) is 15.0 Å². The topological polar surface area (TPSA) is 57.7 Å². The van der Waals surface area contributed by atoms with Gasteiger partial charge in [0, 0.05) is 23.1 Å². The number of imidazole rings is 1. The highest BCUT2D eigenvalue weighted by Crippen LogP contribution is 2.17. The van der Waals surface area contributed by atoms with E-state index < -0.39 is 0 Å². The molecule has 2 aromatic heterocycles. The Morgan fingerprint density at radius 1 is 1.04 bits per heavy atom. The number of rotatable bonds is 5. The van der Waals surface area contributed by atoms with E-state index in [2.05, 4.69) is 32.0 Å². The van der Waals surface area contributed by atoms with E-state index in [-0.39, 0.29) is 0 Å². The molecule has 0 fully saturated rings. The van der Waals surface area contributed by atoms with E-state index >= 15 is 0 Å². The van der Waals surface area contributed by atoms with Crippen molar-refractivity contribution in [3.63, 3.8) is 0 Å². The first-order valence-electron chi connectivity index (χ1n) is 7.69. The maximum atomic E-state index is 4.71. The van der Waals surface area contributed by atoms with Gasteiger partial charge in [0.2, 0.25) is 0 Å². The van der Waals surface area contributed by atoms with Crippen molar-refractivity contribution in [2.75, 3.05) is 7.05 Å². The van der Waals surface area contributed by atoms with Crippen LogP contribution in [0.5, 0.6) is 0 Å². The molecule has 1 N–H and O–H groups in total. The second kappa shape index (κ2) is 6.71. The highest BCUT2D eigenvalue weighted by Gasteiger charge is 2.09. The summed E-state index contributed by atoms with van der Waals surface area (Å²) in [5, 5.41) is 0. The Kier molecular flexibility index (Phi) is 4.48. The van der Waals surface area contributed by atoms with Crippen molar-refractivity contribution in [1.82, 2.24) is 24.8 Å². The molecule has 0 atom stereocenters. The molecule has 5 heteroatoms. The summed E-state index contributed by atoms with van der Waals surface area (Å²) in [6.07, 6.45) is 1.85. The Balaban J connectivity index is 1.76.